The Morgan fingerprint density at radius 1 is 0.906 bits per heavy atom. The zero-order chi connectivity index (χ0) is 22.1. The van der Waals surface area contributed by atoms with Gasteiger partial charge in [0.15, 0.2) is 0 Å². The molecule has 3 saturated heterocycles. The van der Waals surface area contributed by atoms with Crippen molar-refractivity contribution in [1.29, 1.82) is 0 Å². The molecule has 4 aliphatic rings. The Hall–Kier alpha value is -2.08. The topological polar surface area (TPSA) is 53.1 Å². The fraction of sp³-hybridized carbons (Fsp3) is 0.692. The van der Waals surface area contributed by atoms with Crippen molar-refractivity contribution in [3.8, 4) is 0 Å². The molecule has 1 saturated carbocycles. The van der Waals surface area contributed by atoms with Crippen molar-refractivity contribution >= 4 is 12.0 Å². The van der Waals surface area contributed by atoms with Crippen molar-refractivity contribution in [2.45, 2.75) is 76.4 Å². The number of nitrogens with zero attached hydrogens (tertiary/aromatic N) is 3. The monoisotopic (exact) mass is 439 g/mol. The molecule has 1 aromatic rings. The summed E-state index contributed by atoms with van der Waals surface area (Å²) in [6.07, 6.45) is 8.95. The van der Waals surface area contributed by atoms with Crippen molar-refractivity contribution in [3.05, 3.63) is 35.4 Å². The zero-order valence-corrected chi connectivity index (χ0v) is 19.4. The molecule has 2 atom stereocenters. The summed E-state index contributed by atoms with van der Waals surface area (Å²) in [7, 11) is 0. The van der Waals surface area contributed by atoms with Crippen LogP contribution in [0.1, 0.15) is 67.3 Å². The zero-order valence-electron chi connectivity index (χ0n) is 19.4. The first-order chi connectivity index (χ1) is 15.6. The number of rotatable bonds is 3. The molecule has 0 radical (unpaired) electrons. The summed E-state index contributed by atoms with van der Waals surface area (Å²) in [5.74, 6) is 0.709. The van der Waals surface area contributed by atoms with Crippen LogP contribution in [0.3, 0.4) is 0 Å². The van der Waals surface area contributed by atoms with Crippen LogP contribution in [0, 0.1) is 12.8 Å². The lowest BCUT2D eigenvalue weighted by atomic mass is 9.82. The van der Waals surface area contributed by atoms with Crippen LogP contribution in [0.4, 0.5) is 4.79 Å². The number of carbonyl (C=O) groups is 2. The van der Waals surface area contributed by atoms with Gasteiger partial charge < -0.3 is 19.4 Å². The van der Waals surface area contributed by atoms with Gasteiger partial charge in [0.05, 0.1) is 6.61 Å². The Morgan fingerprint density at radius 2 is 1.59 bits per heavy atom. The maximum absolute atomic E-state index is 12.9. The van der Waals surface area contributed by atoms with Gasteiger partial charge in [0.1, 0.15) is 0 Å². The predicted octanol–water partition coefficient (Wildman–Crippen LogP) is 4.08. The van der Waals surface area contributed by atoms with Crippen LogP contribution in [0.15, 0.2) is 24.3 Å². The number of piperidine rings is 2. The number of hydrogen-bond donors (Lipinski definition) is 0. The molecule has 0 spiro atoms. The number of hydrogen-bond acceptors (Lipinski definition) is 4. The molecule has 2 amide bonds. The largest absolute Gasteiger partial charge is 0.449 e. The lowest BCUT2D eigenvalue weighted by molar-refractivity contribution is -0.0406. The maximum atomic E-state index is 12.9. The molecule has 3 aliphatic heterocycles. The van der Waals surface area contributed by atoms with Crippen LogP contribution in [-0.2, 0) is 4.74 Å². The minimum absolute atomic E-state index is 0.0744. The summed E-state index contributed by atoms with van der Waals surface area (Å²) in [4.78, 5) is 32.3. The highest BCUT2D eigenvalue weighted by Crippen LogP contribution is 2.36. The van der Waals surface area contributed by atoms with Crippen LogP contribution < -0.4 is 0 Å². The van der Waals surface area contributed by atoms with Crippen LogP contribution >= 0.6 is 0 Å². The summed E-state index contributed by atoms with van der Waals surface area (Å²) in [5.41, 5.74) is 1.89. The van der Waals surface area contributed by atoms with Gasteiger partial charge in [-0.1, -0.05) is 31.0 Å². The smallest absolute Gasteiger partial charge is 0.410 e. The Bertz CT molecular complexity index is 827. The van der Waals surface area contributed by atoms with Gasteiger partial charge in [0, 0.05) is 55.8 Å². The number of aryl methyl sites for hydroxylation is 1. The number of benzene rings is 1. The fourth-order valence-electron chi connectivity index (χ4n) is 6.50. The van der Waals surface area contributed by atoms with E-state index in [1.807, 2.05) is 36.1 Å². The SMILES string of the molecule is Cc1ccccc1C(=O)N1CCC(N2CCC(N3C(=O)OC[C@H]4CCCC[C@@H]43)CC2)CC1. The number of likely N-dealkylation sites (tertiary alicyclic amines) is 2. The van der Waals surface area contributed by atoms with E-state index in [0.717, 1.165) is 69.4 Å². The molecule has 32 heavy (non-hydrogen) atoms. The van der Waals surface area contributed by atoms with E-state index in [-0.39, 0.29) is 12.0 Å². The van der Waals surface area contributed by atoms with E-state index in [1.54, 1.807) is 0 Å². The molecule has 174 valence electrons. The van der Waals surface area contributed by atoms with E-state index < -0.39 is 0 Å². The molecule has 0 unspecified atom stereocenters. The molecule has 3 heterocycles. The van der Waals surface area contributed by atoms with Crippen molar-refractivity contribution in [3.63, 3.8) is 0 Å². The molecule has 6 heteroatoms. The highest BCUT2D eigenvalue weighted by Gasteiger charge is 2.43. The van der Waals surface area contributed by atoms with E-state index >= 15 is 0 Å². The number of ether oxygens (including phenoxy) is 1. The van der Waals surface area contributed by atoms with Gasteiger partial charge in [0.2, 0.25) is 0 Å². The van der Waals surface area contributed by atoms with Gasteiger partial charge >= 0.3 is 6.09 Å². The molecule has 5 rings (SSSR count). The average Bonchev–Trinajstić information content (AvgIpc) is 2.84. The second-order valence-corrected chi connectivity index (χ2v) is 10.2. The minimum atomic E-state index is -0.0744. The standard InChI is InChI=1S/C26H37N3O3/c1-19-6-2-4-8-23(19)25(30)28-16-10-21(11-17-28)27-14-12-22(13-15-27)29-24-9-5-3-7-20(24)18-32-26(29)31/h2,4,6,8,20-22,24H,3,5,7,9-18H2,1H3/t20-,24+/m1/s1. The van der Waals surface area contributed by atoms with Gasteiger partial charge in [0.25, 0.3) is 5.91 Å². The molecule has 4 fully saturated rings. The fourth-order valence-corrected chi connectivity index (χ4v) is 6.50. The number of carbonyl (C=O) groups excluding carboxylic acids is 2. The summed E-state index contributed by atoms with van der Waals surface area (Å²) in [6.45, 7) is 6.39. The lowest BCUT2D eigenvalue weighted by Gasteiger charge is -2.49. The minimum Gasteiger partial charge on any atom is -0.449 e. The van der Waals surface area contributed by atoms with E-state index in [2.05, 4.69) is 9.80 Å². The highest BCUT2D eigenvalue weighted by molar-refractivity contribution is 5.95. The predicted molar refractivity (Wildman–Crippen MR) is 124 cm³/mol. The summed E-state index contributed by atoms with van der Waals surface area (Å²) < 4.78 is 5.57. The van der Waals surface area contributed by atoms with Gasteiger partial charge in [-0.15, -0.1) is 0 Å². The molecule has 1 aromatic carbocycles. The Kier molecular flexibility index (Phi) is 6.40. The third-order valence-corrected chi connectivity index (χ3v) is 8.39. The van der Waals surface area contributed by atoms with E-state index in [4.69, 9.17) is 4.74 Å². The Labute approximate surface area is 191 Å². The first-order valence-corrected chi connectivity index (χ1v) is 12.7. The van der Waals surface area contributed by atoms with E-state index in [0.29, 0.717) is 30.7 Å². The van der Waals surface area contributed by atoms with Crippen molar-refractivity contribution in [2.75, 3.05) is 32.8 Å². The lowest BCUT2D eigenvalue weighted by Crippen LogP contribution is -2.59. The Balaban J connectivity index is 1.13. The van der Waals surface area contributed by atoms with Gasteiger partial charge in [-0.3, -0.25) is 4.79 Å². The maximum Gasteiger partial charge on any atom is 0.410 e. The first-order valence-electron chi connectivity index (χ1n) is 12.7. The van der Waals surface area contributed by atoms with Crippen molar-refractivity contribution < 1.29 is 14.3 Å². The van der Waals surface area contributed by atoms with E-state index in [1.165, 1.54) is 19.3 Å². The highest BCUT2D eigenvalue weighted by atomic mass is 16.6. The summed E-state index contributed by atoms with van der Waals surface area (Å²) >= 11 is 0. The van der Waals surface area contributed by atoms with Gasteiger partial charge in [-0.05, 0) is 57.1 Å². The second-order valence-electron chi connectivity index (χ2n) is 10.2. The van der Waals surface area contributed by atoms with Crippen LogP contribution in [0.2, 0.25) is 0 Å². The van der Waals surface area contributed by atoms with E-state index in [9.17, 15) is 9.59 Å². The molecule has 0 bridgehead atoms. The third-order valence-electron chi connectivity index (χ3n) is 8.39. The Morgan fingerprint density at radius 3 is 2.34 bits per heavy atom. The van der Waals surface area contributed by atoms with Crippen LogP contribution in [0.25, 0.3) is 0 Å². The molecular formula is C26H37N3O3. The molecule has 1 aliphatic carbocycles. The van der Waals surface area contributed by atoms with Crippen molar-refractivity contribution in [2.24, 2.45) is 5.92 Å². The summed E-state index contributed by atoms with van der Waals surface area (Å²) in [5, 5.41) is 0. The number of fused-ring (bicyclic) bond motifs is 1. The molecule has 0 N–H and O–H groups in total. The second kappa shape index (κ2) is 9.42. The summed E-state index contributed by atoms with van der Waals surface area (Å²) in [6, 6.07) is 9.16. The molecule has 6 nitrogen and oxygen atoms in total. The number of cyclic esters (lactones) is 1. The number of amides is 2. The normalized spacial score (nSPS) is 28.3. The van der Waals surface area contributed by atoms with Gasteiger partial charge in [-0.25, -0.2) is 4.79 Å². The quantitative estimate of drug-likeness (QED) is 0.712. The van der Waals surface area contributed by atoms with Crippen LogP contribution in [-0.4, -0.2) is 77.6 Å². The first kappa shape index (κ1) is 21.7. The van der Waals surface area contributed by atoms with Crippen molar-refractivity contribution in [1.82, 2.24) is 14.7 Å². The molecular weight excluding hydrogens is 402 g/mol. The van der Waals surface area contributed by atoms with Gasteiger partial charge in [-0.2, -0.15) is 0 Å². The molecule has 0 aromatic heterocycles. The third kappa shape index (κ3) is 4.26. The average molecular weight is 440 g/mol. The van der Waals surface area contributed by atoms with Crippen LogP contribution in [0.5, 0.6) is 0 Å².